The van der Waals surface area contributed by atoms with Crippen molar-refractivity contribution in [3.63, 3.8) is 0 Å². The van der Waals surface area contributed by atoms with Gasteiger partial charge in [-0.25, -0.2) is 8.42 Å². The largest absolute Gasteiger partial charge is 0.392 e. The van der Waals surface area contributed by atoms with Crippen LogP contribution < -0.4 is 5.73 Å². The van der Waals surface area contributed by atoms with Crippen LogP contribution in [0.5, 0.6) is 0 Å². The van der Waals surface area contributed by atoms with Gasteiger partial charge in [0.1, 0.15) is 8.55 Å². The van der Waals surface area contributed by atoms with Crippen LogP contribution in [0.4, 0.5) is 0 Å². The Morgan fingerprint density at radius 3 is 2.61 bits per heavy atom. The molecule has 5 nitrogen and oxygen atoms in total. The molecule has 2 atom stereocenters. The third kappa shape index (κ3) is 2.82. The SMILES string of the molecule is N[C@H]1C[C@@H](O)CN(S(=O)(=O)c2cc(Cl)c(Cl)s2)C1. The van der Waals surface area contributed by atoms with Crippen LogP contribution in [-0.2, 0) is 10.0 Å². The zero-order valence-corrected chi connectivity index (χ0v) is 12.4. The molecular weight excluding hydrogens is 319 g/mol. The molecule has 9 heteroatoms. The summed E-state index contributed by atoms with van der Waals surface area (Å²) in [5.74, 6) is 0. The molecule has 18 heavy (non-hydrogen) atoms. The van der Waals surface area contributed by atoms with E-state index in [1.807, 2.05) is 0 Å². The maximum absolute atomic E-state index is 12.3. The van der Waals surface area contributed by atoms with Gasteiger partial charge in [0.15, 0.2) is 0 Å². The number of nitrogens with zero attached hydrogens (tertiary/aromatic N) is 1. The first-order valence-electron chi connectivity index (χ1n) is 5.19. The van der Waals surface area contributed by atoms with E-state index in [4.69, 9.17) is 28.9 Å². The van der Waals surface area contributed by atoms with E-state index in [9.17, 15) is 13.5 Å². The fraction of sp³-hybridized carbons (Fsp3) is 0.556. The number of β-amino-alcohol motifs (C(OH)–C–C–N with tert-alkyl or cyclic N) is 1. The molecule has 1 saturated heterocycles. The van der Waals surface area contributed by atoms with E-state index in [-0.39, 0.29) is 32.7 Å². The van der Waals surface area contributed by atoms with Crippen molar-refractivity contribution in [3.05, 3.63) is 15.4 Å². The minimum atomic E-state index is -3.69. The molecule has 2 heterocycles. The molecule has 1 aromatic heterocycles. The van der Waals surface area contributed by atoms with Gasteiger partial charge in [-0.3, -0.25) is 0 Å². The number of rotatable bonds is 2. The molecule has 1 fully saturated rings. The van der Waals surface area contributed by atoms with E-state index in [1.165, 1.54) is 10.4 Å². The number of nitrogens with two attached hydrogens (primary N) is 1. The molecule has 1 aliphatic rings. The Morgan fingerprint density at radius 2 is 2.11 bits per heavy atom. The summed E-state index contributed by atoms with van der Waals surface area (Å²) < 4.78 is 26.1. The zero-order chi connectivity index (χ0) is 13.5. The molecule has 0 spiro atoms. The fourth-order valence-corrected chi connectivity index (χ4v) is 5.42. The molecular formula is C9H12Cl2N2O3S2. The molecule has 1 aromatic rings. The summed E-state index contributed by atoms with van der Waals surface area (Å²) in [5, 5.41) is 9.80. The van der Waals surface area contributed by atoms with Crippen LogP contribution in [0.25, 0.3) is 0 Å². The van der Waals surface area contributed by atoms with Gasteiger partial charge >= 0.3 is 0 Å². The van der Waals surface area contributed by atoms with E-state index < -0.39 is 16.1 Å². The average molecular weight is 331 g/mol. The summed E-state index contributed by atoms with van der Waals surface area (Å²) in [4.78, 5) is 0. The smallest absolute Gasteiger partial charge is 0.252 e. The summed E-state index contributed by atoms with van der Waals surface area (Å²) >= 11 is 12.4. The number of thiophene rings is 1. The Hall–Kier alpha value is 0.110. The highest BCUT2D eigenvalue weighted by molar-refractivity contribution is 7.91. The molecule has 0 bridgehead atoms. The first kappa shape index (κ1) is 14.5. The van der Waals surface area contributed by atoms with Gasteiger partial charge in [-0.15, -0.1) is 11.3 Å². The van der Waals surface area contributed by atoms with Crippen molar-refractivity contribution in [1.29, 1.82) is 0 Å². The van der Waals surface area contributed by atoms with Crippen molar-refractivity contribution in [1.82, 2.24) is 4.31 Å². The summed E-state index contributed by atoms with van der Waals surface area (Å²) in [7, 11) is -3.69. The highest BCUT2D eigenvalue weighted by Crippen LogP contribution is 2.36. The topological polar surface area (TPSA) is 83.6 Å². The van der Waals surface area contributed by atoms with Crippen LogP contribution in [0.15, 0.2) is 10.3 Å². The van der Waals surface area contributed by atoms with Gasteiger partial charge in [0, 0.05) is 19.1 Å². The molecule has 0 unspecified atom stereocenters. The van der Waals surface area contributed by atoms with Crippen LogP contribution in [-0.4, -0.2) is 43.1 Å². The number of hydrogen-bond donors (Lipinski definition) is 2. The summed E-state index contributed by atoms with van der Waals surface area (Å²) in [5.41, 5.74) is 5.71. The van der Waals surface area contributed by atoms with Gasteiger partial charge in [0.05, 0.1) is 11.1 Å². The third-order valence-electron chi connectivity index (χ3n) is 2.64. The molecule has 0 saturated carbocycles. The van der Waals surface area contributed by atoms with E-state index >= 15 is 0 Å². The predicted octanol–water partition coefficient (Wildman–Crippen LogP) is 1.14. The zero-order valence-electron chi connectivity index (χ0n) is 9.21. The van der Waals surface area contributed by atoms with Gasteiger partial charge in [0.2, 0.25) is 0 Å². The summed E-state index contributed by atoms with van der Waals surface area (Å²) in [6.45, 7) is 0.232. The van der Waals surface area contributed by atoms with Gasteiger partial charge in [-0.2, -0.15) is 4.31 Å². The van der Waals surface area contributed by atoms with Crippen molar-refractivity contribution in [3.8, 4) is 0 Å². The third-order valence-corrected chi connectivity index (χ3v) is 6.79. The molecule has 0 amide bonds. The van der Waals surface area contributed by atoms with Crippen molar-refractivity contribution >= 4 is 44.6 Å². The number of hydrogen-bond acceptors (Lipinski definition) is 5. The van der Waals surface area contributed by atoms with Crippen molar-refractivity contribution in [2.75, 3.05) is 13.1 Å². The van der Waals surface area contributed by atoms with E-state index in [2.05, 4.69) is 0 Å². The van der Waals surface area contributed by atoms with Crippen LogP contribution in [0.3, 0.4) is 0 Å². The van der Waals surface area contributed by atoms with Crippen molar-refractivity contribution in [2.24, 2.45) is 5.73 Å². The van der Waals surface area contributed by atoms with Gasteiger partial charge in [-0.1, -0.05) is 23.2 Å². The fourth-order valence-electron chi connectivity index (χ4n) is 1.85. The molecule has 0 aromatic carbocycles. The lowest BCUT2D eigenvalue weighted by Crippen LogP contribution is -2.51. The van der Waals surface area contributed by atoms with Crippen molar-refractivity contribution < 1.29 is 13.5 Å². The minimum absolute atomic E-state index is 0.0448. The monoisotopic (exact) mass is 330 g/mol. The standard InChI is InChI=1S/C9H12Cl2N2O3S2/c10-7-2-8(17-9(7)11)18(15,16)13-3-5(12)1-6(14)4-13/h2,5-6,14H,1,3-4,12H2/t5-,6+/m0/s1. The Bertz CT molecular complexity index is 517. The molecule has 0 aliphatic carbocycles. The molecule has 102 valence electrons. The average Bonchev–Trinajstić information content (AvgIpc) is 2.58. The van der Waals surface area contributed by atoms with E-state index in [1.54, 1.807) is 0 Å². The Labute approximate surface area is 119 Å². The van der Waals surface area contributed by atoms with Gasteiger partial charge in [-0.05, 0) is 12.5 Å². The quantitative estimate of drug-likeness (QED) is 0.851. The van der Waals surface area contributed by atoms with Crippen LogP contribution in [0.1, 0.15) is 6.42 Å². The van der Waals surface area contributed by atoms with E-state index in [0.717, 1.165) is 11.3 Å². The second kappa shape index (κ2) is 5.24. The number of piperidine rings is 1. The Balaban J connectivity index is 2.30. The number of sulfonamides is 1. The first-order chi connectivity index (χ1) is 8.30. The lowest BCUT2D eigenvalue weighted by atomic mass is 10.1. The maximum atomic E-state index is 12.3. The summed E-state index contributed by atoms with van der Waals surface area (Å²) in [6.07, 6.45) is -0.341. The number of halogens is 2. The Kier molecular flexibility index (Phi) is 4.23. The van der Waals surface area contributed by atoms with Crippen LogP contribution in [0, 0.1) is 0 Å². The molecule has 3 N–H and O–H groups in total. The highest BCUT2D eigenvalue weighted by atomic mass is 35.5. The second-order valence-electron chi connectivity index (χ2n) is 4.16. The normalized spacial score (nSPS) is 26.4. The van der Waals surface area contributed by atoms with Crippen LogP contribution >= 0.6 is 34.5 Å². The second-order valence-corrected chi connectivity index (χ2v) is 8.38. The van der Waals surface area contributed by atoms with Gasteiger partial charge < -0.3 is 10.8 Å². The molecule has 2 rings (SSSR count). The van der Waals surface area contributed by atoms with Crippen LogP contribution in [0.2, 0.25) is 9.36 Å². The highest BCUT2D eigenvalue weighted by Gasteiger charge is 2.34. The number of aliphatic hydroxyl groups excluding tert-OH is 1. The molecule has 0 radical (unpaired) electrons. The van der Waals surface area contributed by atoms with Crippen molar-refractivity contribution in [2.45, 2.75) is 22.8 Å². The predicted molar refractivity (Wildman–Crippen MR) is 71.7 cm³/mol. The minimum Gasteiger partial charge on any atom is -0.392 e. The lowest BCUT2D eigenvalue weighted by molar-refractivity contribution is 0.0975. The maximum Gasteiger partial charge on any atom is 0.252 e. The Morgan fingerprint density at radius 1 is 1.44 bits per heavy atom. The van der Waals surface area contributed by atoms with E-state index in [0.29, 0.717) is 6.42 Å². The lowest BCUT2D eigenvalue weighted by Gasteiger charge is -2.32. The van der Waals surface area contributed by atoms with Gasteiger partial charge in [0.25, 0.3) is 10.0 Å². The molecule has 1 aliphatic heterocycles. The number of aliphatic hydroxyl groups is 1. The summed E-state index contributed by atoms with van der Waals surface area (Å²) in [6, 6.07) is 0.950. The first-order valence-corrected chi connectivity index (χ1v) is 8.20.